The van der Waals surface area contributed by atoms with E-state index in [1.165, 1.54) is 50.4 Å². The molecule has 0 spiro atoms. The first-order valence-electron chi connectivity index (χ1n) is 8.88. The second-order valence-electron chi connectivity index (χ2n) is 6.60. The molecule has 5 heteroatoms. The van der Waals surface area contributed by atoms with Crippen molar-refractivity contribution < 1.29 is 9.59 Å². The Balaban J connectivity index is 1.94. The van der Waals surface area contributed by atoms with Crippen LogP contribution < -0.4 is 10.6 Å². The minimum absolute atomic E-state index is 0.0880. The van der Waals surface area contributed by atoms with Crippen LogP contribution in [-0.2, 0) is 9.59 Å². The quantitative estimate of drug-likeness (QED) is 0.622. The van der Waals surface area contributed by atoms with E-state index in [1.54, 1.807) is 6.08 Å². The number of aryl methyl sites for hydroxylation is 1. The Kier molecular flexibility index (Phi) is 6.64. The van der Waals surface area contributed by atoms with Crippen LogP contribution in [-0.4, -0.2) is 29.5 Å². The van der Waals surface area contributed by atoms with Crippen LogP contribution in [0.15, 0.2) is 12.1 Å². The van der Waals surface area contributed by atoms with Crippen LogP contribution in [0.25, 0.3) is 6.08 Å². The normalized spacial score (nSPS) is 15.6. The summed E-state index contributed by atoms with van der Waals surface area (Å²) >= 11 is 0. The van der Waals surface area contributed by atoms with E-state index in [1.807, 2.05) is 6.08 Å². The highest BCUT2D eigenvalue weighted by atomic mass is 16.2. The summed E-state index contributed by atoms with van der Waals surface area (Å²) in [6, 6.07) is 2.76. The summed E-state index contributed by atoms with van der Waals surface area (Å²) in [5.41, 5.74) is 3.61. The molecule has 0 bridgehead atoms. The summed E-state index contributed by atoms with van der Waals surface area (Å²) in [6.45, 7) is 6.63. The van der Waals surface area contributed by atoms with Crippen LogP contribution in [0, 0.1) is 13.8 Å². The van der Waals surface area contributed by atoms with Gasteiger partial charge in [-0.3, -0.25) is 9.59 Å². The number of nitrogens with one attached hydrogen (secondary N) is 2. The molecule has 1 aromatic rings. The zero-order valence-corrected chi connectivity index (χ0v) is 15.0. The number of hydrogen-bond acceptors (Lipinski definition) is 2. The Labute approximate surface area is 144 Å². The summed E-state index contributed by atoms with van der Waals surface area (Å²) in [6.07, 6.45) is 9.93. The largest absolute Gasteiger partial charge is 0.355 e. The third-order valence-electron chi connectivity index (χ3n) is 4.68. The van der Waals surface area contributed by atoms with Crippen molar-refractivity contribution in [3.63, 3.8) is 0 Å². The Morgan fingerprint density at radius 3 is 2.50 bits per heavy atom. The smallest absolute Gasteiger partial charge is 0.244 e. The highest BCUT2D eigenvalue weighted by Gasteiger charge is 2.19. The topological polar surface area (TPSA) is 63.1 Å². The molecule has 1 heterocycles. The number of carbonyl (C=O) groups excluding carboxylic acids is 2. The monoisotopic (exact) mass is 331 g/mol. The lowest BCUT2D eigenvalue weighted by atomic mass is 9.95. The summed E-state index contributed by atoms with van der Waals surface area (Å²) in [7, 11) is 0. The minimum Gasteiger partial charge on any atom is -0.355 e. The molecule has 0 aliphatic heterocycles. The molecule has 1 aromatic heterocycles. The van der Waals surface area contributed by atoms with E-state index in [0.29, 0.717) is 19.1 Å². The van der Waals surface area contributed by atoms with E-state index < -0.39 is 0 Å². The maximum absolute atomic E-state index is 11.8. The number of nitrogens with zero attached hydrogens (tertiary/aromatic N) is 1. The predicted octanol–water partition coefficient (Wildman–Crippen LogP) is 2.88. The van der Waals surface area contributed by atoms with Gasteiger partial charge in [0.25, 0.3) is 0 Å². The van der Waals surface area contributed by atoms with Gasteiger partial charge in [0.05, 0.1) is 0 Å². The molecule has 1 saturated carbocycles. The fourth-order valence-electron chi connectivity index (χ4n) is 3.52. The molecule has 1 aliphatic carbocycles. The van der Waals surface area contributed by atoms with Gasteiger partial charge in [0.1, 0.15) is 0 Å². The van der Waals surface area contributed by atoms with Gasteiger partial charge in [-0.25, -0.2) is 0 Å². The van der Waals surface area contributed by atoms with Crippen LogP contribution in [0.1, 0.15) is 62.0 Å². The van der Waals surface area contributed by atoms with Crippen LogP contribution in [0.2, 0.25) is 0 Å². The maximum atomic E-state index is 11.8. The van der Waals surface area contributed by atoms with Gasteiger partial charge >= 0.3 is 0 Å². The van der Waals surface area contributed by atoms with Crippen molar-refractivity contribution in [1.29, 1.82) is 0 Å². The van der Waals surface area contributed by atoms with E-state index in [-0.39, 0.29) is 11.8 Å². The van der Waals surface area contributed by atoms with Crippen molar-refractivity contribution >= 4 is 17.9 Å². The molecule has 0 unspecified atom stereocenters. The van der Waals surface area contributed by atoms with Crippen LogP contribution >= 0.6 is 0 Å². The van der Waals surface area contributed by atoms with E-state index in [0.717, 1.165) is 5.56 Å². The lowest BCUT2D eigenvalue weighted by Gasteiger charge is -2.26. The van der Waals surface area contributed by atoms with Gasteiger partial charge in [-0.05, 0) is 44.4 Å². The Morgan fingerprint density at radius 2 is 1.83 bits per heavy atom. The van der Waals surface area contributed by atoms with Crippen LogP contribution in [0.4, 0.5) is 0 Å². The molecule has 0 radical (unpaired) electrons. The summed E-state index contributed by atoms with van der Waals surface area (Å²) in [5, 5.41) is 5.42. The number of aromatic nitrogens is 1. The van der Waals surface area contributed by atoms with Crippen molar-refractivity contribution in [2.45, 2.75) is 58.9 Å². The van der Waals surface area contributed by atoms with Gasteiger partial charge in [-0.15, -0.1) is 0 Å². The molecule has 0 aromatic carbocycles. The zero-order chi connectivity index (χ0) is 17.5. The molecule has 1 aliphatic rings. The fraction of sp³-hybridized carbons (Fsp3) is 0.579. The second-order valence-corrected chi connectivity index (χ2v) is 6.60. The highest BCUT2D eigenvalue weighted by molar-refractivity contribution is 5.91. The average Bonchev–Trinajstić information content (AvgIpc) is 2.84. The molecule has 0 atom stereocenters. The third-order valence-corrected chi connectivity index (χ3v) is 4.68. The molecule has 1 fully saturated rings. The van der Waals surface area contributed by atoms with Crippen molar-refractivity contribution in [2.24, 2.45) is 0 Å². The zero-order valence-electron chi connectivity index (χ0n) is 15.0. The lowest BCUT2D eigenvalue weighted by molar-refractivity contribution is -0.119. The Bertz CT molecular complexity index is 610. The first-order chi connectivity index (χ1) is 11.5. The van der Waals surface area contributed by atoms with Crippen molar-refractivity contribution in [2.75, 3.05) is 13.1 Å². The van der Waals surface area contributed by atoms with E-state index in [9.17, 15) is 9.59 Å². The Morgan fingerprint density at radius 1 is 1.17 bits per heavy atom. The second kappa shape index (κ2) is 8.71. The molecule has 132 valence electrons. The maximum Gasteiger partial charge on any atom is 0.244 e. The van der Waals surface area contributed by atoms with Gasteiger partial charge < -0.3 is 15.2 Å². The SMILES string of the molecule is CC(=O)NCCNC(=O)/C=C/c1cc(C)n(C2CCCCC2)c1C. The summed E-state index contributed by atoms with van der Waals surface area (Å²) in [4.78, 5) is 22.6. The average molecular weight is 331 g/mol. The number of carbonyl (C=O) groups is 2. The number of amides is 2. The van der Waals surface area contributed by atoms with E-state index >= 15 is 0 Å². The molecule has 0 saturated heterocycles. The molecule has 2 rings (SSSR count). The van der Waals surface area contributed by atoms with Gasteiger partial charge in [0.15, 0.2) is 0 Å². The Hall–Kier alpha value is -2.04. The van der Waals surface area contributed by atoms with Crippen LogP contribution in [0.5, 0.6) is 0 Å². The van der Waals surface area contributed by atoms with Gasteiger partial charge in [-0.1, -0.05) is 19.3 Å². The van der Waals surface area contributed by atoms with Gasteiger partial charge in [-0.2, -0.15) is 0 Å². The van der Waals surface area contributed by atoms with Gasteiger partial charge in [0, 0.05) is 43.5 Å². The lowest BCUT2D eigenvalue weighted by Crippen LogP contribution is -2.32. The molecule has 5 nitrogen and oxygen atoms in total. The van der Waals surface area contributed by atoms with Crippen molar-refractivity contribution in [3.05, 3.63) is 29.1 Å². The van der Waals surface area contributed by atoms with Gasteiger partial charge in [0.2, 0.25) is 11.8 Å². The molecule has 2 N–H and O–H groups in total. The summed E-state index contributed by atoms with van der Waals surface area (Å²) < 4.78 is 2.44. The molecular weight excluding hydrogens is 302 g/mol. The van der Waals surface area contributed by atoms with E-state index in [2.05, 4.69) is 35.1 Å². The third kappa shape index (κ3) is 4.98. The van der Waals surface area contributed by atoms with E-state index in [4.69, 9.17) is 0 Å². The summed E-state index contributed by atoms with van der Waals surface area (Å²) in [5.74, 6) is -0.224. The number of hydrogen-bond donors (Lipinski definition) is 2. The standard InChI is InChI=1S/C19H29N3O2/c1-14-13-17(9-10-19(24)21-12-11-20-16(3)23)15(2)22(14)18-7-5-4-6-8-18/h9-10,13,18H,4-8,11-12H2,1-3H3,(H,20,23)(H,21,24)/b10-9+. The van der Waals surface area contributed by atoms with Crippen molar-refractivity contribution in [1.82, 2.24) is 15.2 Å². The first kappa shape index (κ1) is 18.3. The highest BCUT2D eigenvalue weighted by Crippen LogP contribution is 2.32. The first-order valence-corrected chi connectivity index (χ1v) is 8.88. The number of rotatable bonds is 6. The minimum atomic E-state index is -0.136. The molecule has 2 amide bonds. The van der Waals surface area contributed by atoms with Crippen molar-refractivity contribution in [3.8, 4) is 0 Å². The van der Waals surface area contributed by atoms with Crippen LogP contribution in [0.3, 0.4) is 0 Å². The predicted molar refractivity (Wildman–Crippen MR) is 96.8 cm³/mol. The molecular formula is C19H29N3O2. The fourth-order valence-corrected chi connectivity index (χ4v) is 3.52. The molecule has 24 heavy (non-hydrogen) atoms.